The zero-order chi connectivity index (χ0) is 15.0. The summed E-state index contributed by atoms with van der Waals surface area (Å²) in [7, 11) is 0. The maximum atomic E-state index is 3.69. The van der Waals surface area contributed by atoms with E-state index in [9.17, 15) is 0 Å². The van der Waals surface area contributed by atoms with Crippen molar-refractivity contribution in [3.63, 3.8) is 0 Å². The Labute approximate surface area is 134 Å². The van der Waals surface area contributed by atoms with E-state index in [1.54, 1.807) is 0 Å². The molecule has 2 aromatic rings. The number of hydrogen-bond donors (Lipinski definition) is 1. The molecule has 22 heavy (non-hydrogen) atoms. The van der Waals surface area contributed by atoms with Crippen LogP contribution in [0.3, 0.4) is 0 Å². The van der Waals surface area contributed by atoms with Crippen molar-refractivity contribution >= 4 is 5.69 Å². The molecule has 0 radical (unpaired) electrons. The summed E-state index contributed by atoms with van der Waals surface area (Å²) in [4.78, 5) is 2.62. The molecule has 1 saturated heterocycles. The molecule has 3 rings (SSSR count). The van der Waals surface area contributed by atoms with Gasteiger partial charge in [-0.25, -0.2) is 0 Å². The molecule has 0 saturated carbocycles. The number of nitrogens with one attached hydrogen (secondary N) is 1. The molecule has 1 aliphatic rings. The molecule has 116 valence electrons. The van der Waals surface area contributed by atoms with Crippen LogP contribution in [0.25, 0.3) is 0 Å². The predicted molar refractivity (Wildman–Crippen MR) is 94.3 cm³/mol. The second kappa shape index (κ2) is 8.00. The highest BCUT2D eigenvalue weighted by Crippen LogP contribution is 2.17. The highest BCUT2D eigenvalue weighted by Gasteiger charge is 2.16. The highest BCUT2D eigenvalue weighted by molar-refractivity contribution is 5.43. The van der Waals surface area contributed by atoms with Crippen LogP contribution in [0.4, 0.5) is 5.69 Å². The molecule has 1 N–H and O–H groups in total. The third kappa shape index (κ3) is 4.60. The average Bonchev–Trinajstić information content (AvgIpc) is 2.80. The molecule has 2 aromatic carbocycles. The van der Waals surface area contributed by atoms with E-state index in [1.807, 2.05) is 0 Å². The molecule has 2 nitrogen and oxygen atoms in total. The van der Waals surface area contributed by atoms with Gasteiger partial charge >= 0.3 is 0 Å². The Morgan fingerprint density at radius 3 is 2.36 bits per heavy atom. The number of likely N-dealkylation sites (tertiary alicyclic amines) is 1. The number of para-hydroxylation sites is 1. The lowest BCUT2D eigenvalue weighted by molar-refractivity contribution is 0.288. The first-order chi connectivity index (χ1) is 10.9. The zero-order valence-corrected chi connectivity index (χ0v) is 13.2. The Kier molecular flexibility index (Phi) is 5.49. The van der Waals surface area contributed by atoms with Gasteiger partial charge in [-0.05, 0) is 49.9 Å². The number of rotatable bonds is 5. The van der Waals surface area contributed by atoms with Crippen LogP contribution in [0.2, 0.25) is 0 Å². The summed E-state index contributed by atoms with van der Waals surface area (Å²) in [5, 5.41) is 3.69. The Balaban J connectivity index is 1.45. The maximum absolute atomic E-state index is 3.69. The first-order valence-electron chi connectivity index (χ1n) is 8.48. The topological polar surface area (TPSA) is 15.3 Å². The molecule has 0 spiro atoms. The van der Waals surface area contributed by atoms with E-state index >= 15 is 0 Å². The lowest BCUT2D eigenvalue weighted by Gasteiger charge is -2.21. The fraction of sp³-hybridized carbons (Fsp3) is 0.400. The lowest BCUT2D eigenvalue weighted by Crippen LogP contribution is -2.28. The van der Waals surface area contributed by atoms with E-state index in [2.05, 4.69) is 70.9 Å². The largest absolute Gasteiger partial charge is 0.382 e. The summed E-state index contributed by atoms with van der Waals surface area (Å²) in [5.41, 5.74) is 2.70. The van der Waals surface area contributed by atoms with Crippen LogP contribution in [-0.2, 0) is 6.42 Å². The minimum atomic E-state index is 0.615. The van der Waals surface area contributed by atoms with E-state index in [1.165, 1.54) is 50.1 Å². The highest BCUT2D eigenvalue weighted by atomic mass is 15.1. The smallest absolute Gasteiger partial charge is 0.0342 e. The number of benzene rings is 2. The standard InChI is InChI=1S/C20H26N2/c1-3-8-18(9-4-1)13-16-22-15-7-12-20(14-17-22)21-19-10-5-2-6-11-19/h1-6,8-11,20-21H,7,12-17H2/t20-/m0/s1. The van der Waals surface area contributed by atoms with Gasteiger partial charge in [0, 0.05) is 24.8 Å². The van der Waals surface area contributed by atoms with E-state index in [0.29, 0.717) is 6.04 Å². The van der Waals surface area contributed by atoms with Gasteiger partial charge in [0.2, 0.25) is 0 Å². The van der Waals surface area contributed by atoms with Crippen LogP contribution in [-0.4, -0.2) is 30.6 Å². The summed E-state index contributed by atoms with van der Waals surface area (Å²) < 4.78 is 0. The third-order valence-corrected chi connectivity index (χ3v) is 4.52. The van der Waals surface area contributed by atoms with Gasteiger partial charge in [-0.3, -0.25) is 0 Å². The van der Waals surface area contributed by atoms with Crippen molar-refractivity contribution in [1.29, 1.82) is 0 Å². The Morgan fingerprint density at radius 2 is 1.59 bits per heavy atom. The molecule has 1 atom stereocenters. The number of hydrogen-bond acceptors (Lipinski definition) is 2. The minimum absolute atomic E-state index is 0.615. The van der Waals surface area contributed by atoms with Crippen LogP contribution in [0, 0.1) is 0 Å². The molecule has 0 aromatic heterocycles. The first kappa shape index (κ1) is 15.1. The molecule has 1 fully saturated rings. The van der Waals surface area contributed by atoms with Crippen LogP contribution in [0.5, 0.6) is 0 Å². The molecular weight excluding hydrogens is 268 g/mol. The van der Waals surface area contributed by atoms with Crippen molar-refractivity contribution in [1.82, 2.24) is 4.90 Å². The van der Waals surface area contributed by atoms with Gasteiger partial charge < -0.3 is 10.2 Å². The van der Waals surface area contributed by atoms with Crippen molar-refractivity contribution in [2.75, 3.05) is 25.0 Å². The summed E-state index contributed by atoms with van der Waals surface area (Å²) in [5.74, 6) is 0. The summed E-state index contributed by atoms with van der Waals surface area (Å²) in [6.07, 6.45) is 4.97. The normalized spacial score (nSPS) is 19.5. The monoisotopic (exact) mass is 294 g/mol. The molecule has 0 bridgehead atoms. The molecule has 0 aliphatic carbocycles. The van der Waals surface area contributed by atoms with Gasteiger partial charge in [0.15, 0.2) is 0 Å². The molecule has 2 heteroatoms. The summed E-state index contributed by atoms with van der Waals surface area (Å²) >= 11 is 0. The van der Waals surface area contributed by atoms with E-state index < -0.39 is 0 Å². The SMILES string of the molecule is c1ccc(CCN2CCC[C@H](Nc3ccccc3)CC2)cc1. The van der Waals surface area contributed by atoms with Crippen molar-refractivity contribution in [3.8, 4) is 0 Å². The van der Waals surface area contributed by atoms with E-state index in [4.69, 9.17) is 0 Å². The van der Waals surface area contributed by atoms with E-state index in [0.717, 1.165) is 6.42 Å². The number of nitrogens with zero attached hydrogens (tertiary/aromatic N) is 1. The predicted octanol–water partition coefficient (Wildman–Crippen LogP) is 4.20. The van der Waals surface area contributed by atoms with Crippen LogP contribution in [0.15, 0.2) is 60.7 Å². The lowest BCUT2D eigenvalue weighted by atomic mass is 10.1. The van der Waals surface area contributed by atoms with Gasteiger partial charge in [0.1, 0.15) is 0 Å². The van der Waals surface area contributed by atoms with Gasteiger partial charge in [-0.1, -0.05) is 48.5 Å². The fourth-order valence-electron chi connectivity index (χ4n) is 3.23. The third-order valence-electron chi connectivity index (χ3n) is 4.52. The summed E-state index contributed by atoms with van der Waals surface area (Å²) in [6.45, 7) is 3.62. The van der Waals surface area contributed by atoms with Crippen molar-refractivity contribution < 1.29 is 0 Å². The average molecular weight is 294 g/mol. The van der Waals surface area contributed by atoms with Gasteiger partial charge in [-0.2, -0.15) is 0 Å². The number of anilines is 1. The fourth-order valence-corrected chi connectivity index (χ4v) is 3.23. The molecule has 1 heterocycles. The van der Waals surface area contributed by atoms with Crippen molar-refractivity contribution in [2.24, 2.45) is 0 Å². The molecule has 0 amide bonds. The van der Waals surface area contributed by atoms with Gasteiger partial charge in [0.05, 0.1) is 0 Å². The van der Waals surface area contributed by atoms with Gasteiger partial charge in [-0.15, -0.1) is 0 Å². The molecular formula is C20H26N2. The van der Waals surface area contributed by atoms with Crippen LogP contribution < -0.4 is 5.32 Å². The quantitative estimate of drug-likeness (QED) is 0.889. The first-order valence-corrected chi connectivity index (χ1v) is 8.48. The second-order valence-electron chi connectivity index (χ2n) is 6.22. The Morgan fingerprint density at radius 1 is 0.864 bits per heavy atom. The molecule has 0 unspecified atom stereocenters. The Bertz CT molecular complexity index is 538. The van der Waals surface area contributed by atoms with Crippen molar-refractivity contribution in [3.05, 3.63) is 66.2 Å². The Hall–Kier alpha value is -1.80. The zero-order valence-electron chi connectivity index (χ0n) is 13.2. The van der Waals surface area contributed by atoms with Crippen molar-refractivity contribution in [2.45, 2.75) is 31.7 Å². The second-order valence-corrected chi connectivity index (χ2v) is 6.22. The minimum Gasteiger partial charge on any atom is -0.382 e. The maximum Gasteiger partial charge on any atom is 0.0342 e. The van der Waals surface area contributed by atoms with E-state index in [-0.39, 0.29) is 0 Å². The van der Waals surface area contributed by atoms with Crippen LogP contribution >= 0.6 is 0 Å². The van der Waals surface area contributed by atoms with Crippen LogP contribution in [0.1, 0.15) is 24.8 Å². The van der Waals surface area contributed by atoms with Gasteiger partial charge in [0.25, 0.3) is 0 Å². The molecule has 1 aliphatic heterocycles. The summed E-state index contributed by atoms with van der Waals surface area (Å²) in [6, 6.07) is 22.1.